The van der Waals surface area contributed by atoms with E-state index in [1.807, 2.05) is 19.9 Å². The monoisotopic (exact) mass is 265 g/mol. The maximum absolute atomic E-state index is 5.85. The zero-order valence-electron chi connectivity index (χ0n) is 5.83. The summed E-state index contributed by atoms with van der Waals surface area (Å²) in [5.74, 6) is 0. The van der Waals surface area contributed by atoms with Crippen LogP contribution in [-0.4, -0.2) is 0 Å². The molecular formula is C8H7ClI. The molecule has 0 aliphatic heterocycles. The number of aryl methyl sites for hydroxylation is 2. The molecule has 0 unspecified atom stereocenters. The Kier molecular flexibility index (Phi) is 2.58. The average molecular weight is 266 g/mol. The van der Waals surface area contributed by atoms with Gasteiger partial charge in [0.1, 0.15) is 0 Å². The second-order valence-electron chi connectivity index (χ2n) is 2.22. The van der Waals surface area contributed by atoms with Crippen molar-refractivity contribution in [1.29, 1.82) is 0 Å². The van der Waals surface area contributed by atoms with Crippen molar-refractivity contribution >= 4 is 34.2 Å². The minimum absolute atomic E-state index is 0.801. The molecule has 2 heteroatoms. The van der Waals surface area contributed by atoms with Crippen molar-refractivity contribution in [3.05, 3.63) is 31.9 Å². The Hall–Kier alpha value is 0.240. The fourth-order valence-electron chi connectivity index (χ4n) is 0.728. The van der Waals surface area contributed by atoms with Gasteiger partial charge in [0, 0.05) is 8.59 Å². The van der Waals surface area contributed by atoms with Gasteiger partial charge in [0.25, 0.3) is 0 Å². The first-order chi connectivity index (χ1) is 4.61. The molecule has 0 aliphatic carbocycles. The maximum Gasteiger partial charge on any atom is 0.0452 e. The van der Waals surface area contributed by atoms with Crippen LogP contribution in [0.4, 0.5) is 0 Å². The summed E-state index contributed by atoms with van der Waals surface area (Å²) in [5, 5.41) is 0.801. The summed E-state index contributed by atoms with van der Waals surface area (Å²) < 4.78 is 1.17. The van der Waals surface area contributed by atoms with Crippen molar-refractivity contribution < 1.29 is 0 Å². The van der Waals surface area contributed by atoms with E-state index < -0.39 is 0 Å². The highest BCUT2D eigenvalue weighted by molar-refractivity contribution is 14.1. The summed E-state index contributed by atoms with van der Waals surface area (Å²) in [4.78, 5) is 0. The molecule has 0 fully saturated rings. The van der Waals surface area contributed by atoms with Gasteiger partial charge >= 0.3 is 0 Å². The maximum atomic E-state index is 5.85. The number of rotatable bonds is 0. The summed E-state index contributed by atoms with van der Waals surface area (Å²) in [5.41, 5.74) is 2.20. The molecule has 1 aromatic carbocycles. The van der Waals surface area contributed by atoms with Crippen molar-refractivity contribution in [2.24, 2.45) is 0 Å². The molecule has 1 radical (unpaired) electrons. The fraction of sp³-hybridized carbons (Fsp3) is 0.250. The van der Waals surface area contributed by atoms with Gasteiger partial charge in [-0.2, -0.15) is 0 Å². The van der Waals surface area contributed by atoms with Crippen LogP contribution < -0.4 is 0 Å². The van der Waals surface area contributed by atoms with Gasteiger partial charge in [-0.3, -0.25) is 0 Å². The van der Waals surface area contributed by atoms with E-state index >= 15 is 0 Å². The summed E-state index contributed by atoms with van der Waals surface area (Å²) in [7, 11) is 0. The van der Waals surface area contributed by atoms with E-state index in [1.54, 1.807) is 0 Å². The van der Waals surface area contributed by atoms with Crippen LogP contribution in [0.5, 0.6) is 0 Å². The first-order valence-corrected chi connectivity index (χ1v) is 4.41. The predicted octanol–water partition coefficient (Wildman–Crippen LogP) is 3.36. The SMILES string of the molecule is Cc1[c]c(C)c(I)cc1Cl. The standard InChI is InChI=1S/C8H7ClI/c1-5-3-6(2)8(10)4-7(5)9/h4H,1-2H3. The lowest BCUT2D eigenvalue weighted by molar-refractivity contribution is 1.34. The van der Waals surface area contributed by atoms with E-state index in [2.05, 4.69) is 28.7 Å². The Balaban J connectivity index is 3.28. The van der Waals surface area contributed by atoms with Gasteiger partial charge in [-0.1, -0.05) is 11.6 Å². The Morgan fingerprint density at radius 1 is 1.40 bits per heavy atom. The van der Waals surface area contributed by atoms with Crippen LogP contribution in [0.2, 0.25) is 5.02 Å². The molecule has 10 heavy (non-hydrogen) atoms. The Morgan fingerprint density at radius 2 is 2.00 bits per heavy atom. The first kappa shape index (κ1) is 8.34. The van der Waals surface area contributed by atoms with E-state index in [0.29, 0.717) is 0 Å². The smallest absolute Gasteiger partial charge is 0.0452 e. The molecule has 53 valence electrons. The topological polar surface area (TPSA) is 0 Å². The molecule has 0 nitrogen and oxygen atoms in total. The lowest BCUT2D eigenvalue weighted by atomic mass is 10.2. The second-order valence-corrected chi connectivity index (χ2v) is 3.78. The van der Waals surface area contributed by atoms with Crippen LogP contribution >= 0.6 is 34.2 Å². The molecule has 0 aromatic heterocycles. The molecule has 0 bridgehead atoms. The molecule has 1 aromatic rings. The summed E-state index contributed by atoms with van der Waals surface area (Å²) in [6.45, 7) is 4.00. The lowest BCUT2D eigenvalue weighted by Gasteiger charge is -2.00. The zero-order valence-corrected chi connectivity index (χ0v) is 8.75. The molecule has 0 saturated carbocycles. The molecule has 0 aliphatic rings. The molecule has 0 saturated heterocycles. The van der Waals surface area contributed by atoms with Crippen LogP contribution in [0.1, 0.15) is 11.1 Å². The van der Waals surface area contributed by atoms with Crippen LogP contribution in [0, 0.1) is 23.5 Å². The quantitative estimate of drug-likeness (QED) is 0.631. The third kappa shape index (κ3) is 1.64. The molecule has 1 rings (SSSR count). The van der Waals surface area contributed by atoms with Crippen LogP contribution in [0.3, 0.4) is 0 Å². The third-order valence-corrected chi connectivity index (χ3v) is 2.86. The van der Waals surface area contributed by atoms with Gasteiger partial charge in [0.2, 0.25) is 0 Å². The average Bonchev–Trinajstić information content (AvgIpc) is 1.84. The molecule has 0 heterocycles. The summed E-state index contributed by atoms with van der Waals surface area (Å²) >= 11 is 8.10. The second kappa shape index (κ2) is 3.09. The van der Waals surface area contributed by atoms with Crippen LogP contribution in [-0.2, 0) is 0 Å². The Bertz CT molecular complexity index is 205. The van der Waals surface area contributed by atoms with E-state index in [1.165, 1.54) is 9.13 Å². The van der Waals surface area contributed by atoms with E-state index in [9.17, 15) is 0 Å². The molecule has 0 spiro atoms. The Labute approximate surface area is 79.7 Å². The van der Waals surface area contributed by atoms with E-state index in [0.717, 1.165) is 10.6 Å². The van der Waals surface area contributed by atoms with Crippen molar-refractivity contribution in [3.63, 3.8) is 0 Å². The molecule has 0 amide bonds. The zero-order chi connectivity index (χ0) is 7.72. The number of benzene rings is 1. The fourth-order valence-corrected chi connectivity index (χ4v) is 1.52. The number of hydrogen-bond donors (Lipinski definition) is 0. The van der Waals surface area contributed by atoms with Gasteiger partial charge in [-0.05, 0) is 59.7 Å². The largest absolute Gasteiger partial charge is 0.0840 e. The van der Waals surface area contributed by atoms with Gasteiger partial charge in [-0.25, -0.2) is 0 Å². The molecule has 0 atom stereocenters. The highest BCUT2D eigenvalue weighted by Gasteiger charge is 1.98. The normalized spacial score (nSPS) is 10.0. The highest BCUT2D eigenvalue weighted by Crippen LogP contribution is 2.20. The third-order valence-electron chi connectivity index (χ3n) is 1.34. The van der Waals surface area contributed by atoms with Crippen LogP contribution in [0.15, 0.2) is 6.07 Å². The van der Waals surface area contributed by atoms with Gasteiger partial charge in [0.05, 0.1) is 0 Å². The van der Waals surface area contributed by atoms with Crippen molar-refractivity contribution in [2.45, 2.75) is 13.8 Å². The minimum Gasteiger partial charge on any atom is -0.0840 e. The van der Waals surface area contributed by atoms with Gasteiger partial charge in [-0.15, -0.1) is 0 Å². The first-order valence-electron chi connectivity index (χ1n) is 2.96. The van der Waals surface area contributed by atoms with Crippen molar-refractivity contribution in [2.75, 3.05) is 0 Å². The number of halogens is 2. The van der Waals surface area contributed by atoms with E-state index in [-0.39, 0.29) is 0 Å². The lowest BCUT2D eigenvalue weighted by Crippen LogP contribution is -1.83. The Morgan fingerprint density at radius 3 is 2.50 bits per heavy atom. The molecular weight excluding hydrogens is 258 g/mol. The van der Waals surface area contributed by atoms with Gasteiger partial charge < -0.3 is 0 Å². The number of hydrogen-bond acceptors (Lipinski definition) is 0. The predicted molar refractivity (Wildman–Crippen MR) is 52.5 cm³/mol. The van der Waals surface area contributed by atoms with Crippen molar-refractivity contribution in [3.8, 4) is 0 Å². The molecule has 0 N–H and O–H groups in total. The van der Waals surface area contributed by atoms with Crippen LogP contribution in [0.25, 0.3) is 0 Å². The van der Waals surface area contributed by atoms with Gasteiger partial charge in [0.15, 0.2) is 0 Å². The minimum atomic E-state index is 0.801. The summed E-state index contributed by atoms with van der Waals surface area (Å²) in [6.07, 6.45) is 0. The van der Waals surface area contributed by atoms with Crippen molar-refractivity contribution in [1.82, 2.24) is 0 Å². The van der Waals surface area contributed by atoms with E-state index in [4.69, 9.17) is 11.6 Å². The highest BCUT2D eigenvalue weighted by atomic mass is 127. The summed E-state index contributed by atoms with van der Waals surface area (Å²) in [6, 6.07) is 5.13.